The maximum Gasteiger partial charge on any atom is 0.231 e. The van der Waals surface area contributed by atoms with Crippen LogP contribution in [-0.2, 0) is 13.2 Å². The van der Waals surface area contributed by atoms with Crippen LogP contribution in [0.4, 0.5) is 10.1 Å². The molecular weight excluding hydrogens is 449 g/mol. The quantitative estimate of drug-likeness (QED) is 0.474. The van der Waals surface area contributed by atoms with E-state index < -0.39 is 0 Å². The van der Waals surface area contributed by atoms with Crippen molar-refractivity contribution in [1.29, 1.82) is 0 Å². The van der Waals surface area contributed by atoms with Crippen molar-refractivity contribution >= 4 is 33.2 Å². The minimum Gasteiger partial charge on any atom is -0.488 e. The van der Waals surface area contributed by atoms with Gasteiger partial charge in [0.05, 0.1) is 5.02 Å². The van der Waals surface area contributed by atoms with Crippen LogP contribution >= 0.6 is 27.5 Å². The van der Waals surface area contributed by atoms with Crippen molar-refractivity contribution < 1.29 is 18.6 Å². The predicted octanol–water partition coefficient (Wildman–Crippen LogP) is 6.16. The van der Waals surface area contributed by atoms with Gasteiger partial charge in [0.1, 0.15) is 18.2 Å². The molecule has 0 saturated heterocycles. The third-order valence-corrected chi connectivity index (χ3v) is 5.12. The van der Waals surface area contributed by atoms with Gasteiger partial charge in [-0.1, -0.05) is 33.6 Å². The molecule has 1 heterocycles. The highest BCUT2D eigenvalue weighted by atomic mass is 79.9. The first-order valence-corrected chi connectivity index (χ1v) is 9.74. The van der Waals surface area contributed by atoms with E-state index in [0.29, 0.717) is 11.6 Å². The Morgan fingerprint density at radius 2 is 1.86 bits per heavy atom. The summed E-state index contributed by atoms with van der Waals surface area (Å²) in [6, 6.07) is 15.8. The molecular formula is C21H16BrClFNO3. The van der Waals surface area contributed by atoms with Crippen molar-refractivity contribution in [1.82, 2.24) is 0 Å². The first kappa shape index (κ1) is 18.9. The fourth-order valence-electron chi connectivity index (χ4n) is 2.83. The Balaban J connectivity index is 1.47. The molecule has 0 fully saturated rings. The van der Waals surface area contributed by atoms with Crippen molar-refractivity contribution in [3.05, 3.63) is 81.0 Å². The minimum atomic E-state index is -0.369. The normalized spacial score (nSPS) is 12.1. The van der Waals surface area contributed by atoms with Crippen LogP contribution in [-0.4, -0.2) is 6.79 Å². The Kier molecular flexibility index (Phi) is 5.59. The molecule has 0 atom stereocenters. The number of benzene rings is 3. The van der Waals surface area contributed by atoms with Crippen LogP contribution in [0.2, 0.25) is 5.02 Å². The summed E-state index contributed by atoms with van der Waals surface area (Å²) in [5, 5.41) is 3.71. The van der Waals surface area contributed by atoms with Gasteiger partial charge in [0.15, 0.2) is 11.5 Å². The molecule has 0 bridgehead atoms. The SMILES string of the molecule is Fc1ccc(COc2ccc(Br)cc2CNc2ccc3c(c2)OCO3)c(Cl)c1. The largest absolute Gasteiger partial charge is 0.488 e. The highest BCUT2D eigenvalue weighted by Gasteiger charge is 2.13. The van der Waals surface area contributed by atoms with Crippen molar-refractivity contribution in [2.75, 3.05) is 12.1 Å². The second-order valence-corrected chi connectivity index (χ2v) is 7.52. The monoisotopic (exact) mass is 463 g/mol. The summed E-state index contributed by atoms with van der Waals surface area (Å²) in [6.45, 7) is 1.04. The Morgan fingerprint density at radius 1 is 1.00 bits per heavy atom. The van der Waals surface area contributed by atoms with E-state index in [-0.39, 0.29) is 19.2 Å². The van der Waals surface area contributed by atoms with E-state index in [1.807, 2.05) is 36.4 Å². The summed E-state index contributed by atoms with van der Waals surface area (Å²) in [4.78, 5) is 0. The summed E-state index contributed by atoms with van der Waals surface area (Å²) in [7, 11) is 0. The van der Waals surface area contributed by atoms with Crippen LogP contribution in [0.3, 0.4) is 0 Å². The number of nitrogens with one attached hydrogen (secondary N) is 1. The third-order valence-electron chi connectivity index (χ3n) is 4.28. The molecule has 4 nitrogen and oxygen atoms in total. The van der Waals surface area contributed by atoms with Gasteiger partial charge in [-0.3, -0.25) is 0 Å². The first-order valence-electron chi connectivity index (χ1n) is 8.57. The number of fused-ring (bicyclic) bond motifs is 1. The van der Waals surface area contributed by atoms with Crippen molar-refractivity contribution in [3.8, 4) is 17.2 Å². The summed E-state index contributed by atoms with van der Waals surface area (Å²) in [5.74, 6) is 1.82. The van der Waals surface area contributed by atoms with Crippen LogP contribution in [0.25, 0.3) is 0 Å². The molecule has 0 spiro atoms. The highest BCUT2D eigenvalue weighted by molar-refractivity contribution is 9.10. The molecule has 7 heteroatoms. The zero-order chi connectivity index (χ0) is 19.5. The van der Waals surface area contributed by atoms with Gasteiger partial charge in [-0.25, -0.2) is 4.39 Å². The summed E-state index contributed by atoms with van der Waals surface area (Å²) < 4.78 is 30.8. The van der Waals surface area contributed by atoms with E-state index in [9.17, 15) is 4.39 Å². The van der Waals surface area contributed by atoms with Gasteiger partial charge < -0.3 is 19.5 Å². The summed E-state index contributed by atoms with van der Waals surface area (Å²) in [6.07, 6.45) is 0. The Hall–Kier alpha value is -2.44. The number of halogens is 3. The lowest BCUT2D eigenvalue weighted by Crippen LogP contribution is -2.04. The van der Waals surface area contributed by atoms with Gasteiger partial charge in [-0.15, -0.1) is 0 Å². The molecule has 1 N–H and O–H groups in total. The molecule has 0 saturated carbocycles. The van der Waals surface area contributed by atoms with E-state index in [0.717, 1.165) is 38.5 Å². The van der Waals surface area contributed by atoms with Gasteiger partial charge in [-0.2, -0.15) is 0 Å². The van der Waals surface area contributed by atoms with Crippen molar-refractivity contribution in [2.45, 2.75) is 13.2 Å². The molecule has 3 aromatic carbocycles. The highest BCUT2D eigenvalue weighted by Crippen LogP contribution is 2.34. The lowest BCUT2D eigenvalue weighted by molar-refractivity contribution is 0.174. The van der Waals surface area contributed by atoms with Crippen LogP contribution in [0.5, 0.6) is 17.2 Å². The number of hydrogen-bond donors (Lipinski definition) is 1. The average Bonchev–Trinajstić information content (AvgIpc) is 3.14. The zero-order valence-corrected chi connectivity index (χ0v) is 17.0. The molecule has 28 heavy (non-hydrogen) atoms. The maximum atomic E-state index is 13.2. The van der Waals surface area contributed by atoms with Crippen molar-refractivity contribution in [3.63, 3.8) is 0 Å². The number of ether oxygens (including phenoxy) is 3. The number of rotatable bonds is 6. The van der Waals surface area contributed by atoms with E-state index in [1.54, 1.807) is 6.07 Å². The van der Waals surface area contributed by atoms with E-state index in [2.05, 4.69) is 21.2 Å². The predicted molar refractivity (Wildman–Crippen MR) is 110 cm³/mol. The fraction of sp³-hybridized carbons (Fsp3) is 0.143. The lowest BCUT2D eigenvalue weighted by Gasteiger charge is -2.14. The van der Waals surface area contributed by atoms with E-state index in [4.69, 9.17) is 25.8 Å². The van der Waals surface area contributed by atoms with Gasteiger partial charge in [-0.05, 0) is 42.5 Å². The molecule has 0 unspecified atom stereocenters. The van der Waals surface area contributed by atoms with Crippen molar-refractivity contribution in [2.24, 2.45) is 0 Å². The molecule has 0 amide bonds. The summed E-state index contributed by atoms with van der Waals surface area (Å²) in [5.41, 5.74) is 2.60. The number of anilines is 1. The van der Waals surface area contributed by atoms with Gasteiger partial charge in [0.25, 0.3) is 0 Å². The molecule has 3 aromatic rings. The average molecular weight is 465 g/mol. The Labute approximate surface area is 175 Å². The van der Waals surface area contributed by atoms with E-state index >= 15 is 0 Å². The van der Waals surface area contributed by atoms with Crippen LogP contribution in [0, 0.1) is 5.82 Å². The second-order valence-electron chi connectivity index (χ2n) is 6.20. The van der Waals surface area contributed by atoms with Gasteiger partial charge >= 0.3 is 0 Å². The standard InChI is InChI=1S/C21H16BrClFNO3/c22-15-2-5-19(26-11-13-1-3-16(24)8-18(13)23)14(7-15)10-25-17-4-6-20-21(9-17)28-12-27-20/h1-9,25H,10-12H2. The zero-order valence-electron chi connectivity index (χ0n) is 14.7. The van der Waals surface area contributed by atoms with Crippen LogP contribution in [0.15, 0.2) is 59.1 Å². The topological polar surface area (TPSA) is 39.7 Å². The molecule has 0 aliphatic carbocycles. The third kappa shape index (κ3) is 4.34. The smallest absolute Gasteiger partial charge is 0.231 e. The lowest BCUT2D eigenvalue weighted by atomic mass is 10.2. The van der Waals surface area contributed by atoms with Crippen LogP contribution < -0.4 is 19.5 Å². The van der Waals surface area contributed by atoms with Crippen LogP contribution in [0.1, 0.15) is 11.1 Å². The van der Waals surface area contributed by atoms with Gasteiger partial charge in [0.2, 0.25) is 6.79 Å². The summed E-state index contributed by atoms with van der Waals surface area (Å²) >= 11 is 9.58. The molecule has 1 aliphatic heterocycles. The molecule has 4 rings (SSSR count). The fourth-order valence-corrected chi connectivity index (χ4v) is 3.46. The second kappa shape index (κ2) is 8.29. The Morgan fingerprint density at radius 3 is 2.71 bits per heavy atom. The first-order chi connectivity index (χ1) is 13.6. The number of hydrogen-bond acceptors (Lipinski definition) is 4. The maximum absolute atomic E-state index is 13.2. The molecule has 1 aliphatic rings. The van der Waals surface area contributed by atoms with E-state index in [1.165, 1.54) is 12.1 Å². The van der Waals surface area contributed by atoms with Gasteiger partial charge in [0, 0.05) is 33.9 Å². The minimum absolute atomic E-state index is 0.244. The Bertz CT molecular complexity index is 1010. The molecule has 0 aromatic heterocycles. The molecule has 144 valence electrons. The molecule has 0 radical (unpaired) electrons.